The molecule has 0 N–H and O–H groups in total. The molecular weight excluding hydrogens is 116 g/mol. The summed E-state index contributed by atoms with van der Waals surface area (Å²) < 4.78 is 0. The fourth-order valence-electron chi connectivity index (χ4n) is 0.872. The van der Waals surface area contributed by atoms with E-state index in [0.717, 1.165) is 13.0 Å². The number of hydrogen-bond acceptors (Lipinski definition) is 2. The van der Waals surface area contributed by atoms with E-state index < -0.39 is 0 Å². The van der Waals surface area contributed by atoms with Crippen LogP contribution in [0.5, 0.6) is 0 Å². The van der Waals surface area contributed by atoms with Crippen molar-refractivity contribution in [3.63, 3.8) is 0 Å². The predicted octanol–water partition coefficient (Wildman–Crippen LogP) is 1.53. The van der Waals surface area contributed by atoms with Gasteiger partial charge in [-0.2, -0.15) is 0 Å². The minimum Gasteiger partial charge on any atom is -0.236 e. The van der Waals surface area contributed by atoms with E-state index in [1.165, 1.54) is 0 Å². The minimum atomic E-state index is 0.238. The fourth-order valence-corrected chi connectivity index (χ4v) is 0.872. The first kappa shape index (κ1) is 6.78. The Morgan fingerprint density at radius 2 is 2.56 bits per heavy atom. The van der Waals surface area contributed by atoms with Gasteiger partial charge in [0.25, 0.3) is 0 Å². The quantitative estimate of drug-likeness (QED) is 0.414. The summed E-state index contributed by atoms with van der Waals surface area (Å²) in [6, 6.07) is 0. The van der Waals surface area contributed by atoms with Gasteiger partial charge in [0.15, 0.2) is 0 Å². The SMILES string of the molecule is C=CCC1OOCC1C. The highest BCUT2D eigenvalue weighted by Gasteiger charge is 2.24. The maximum absolute atomic E-state index is 4.93. The van der Waals surface area contributed by atoms with Crippen molar-refractivity contribution in [3.05, 3.63) is 12.7 Å². The van der Waals surface area contributed by atoms with Crippen molar-refractivity contribution in [2.24, 2.45) is 5.92 Å². The van der Waals surface area contributed by atoms with E-state index in [1.807, 2.05) is 6.08 Å². The molecule has 1 rings (SSSR count). The van der Waals surface area contributed by atoms with Crippen molar-refractivity contribution in [2.45, 2.75) is 19.4 Å². The number of hydrogen-bond donors (Lipinski definition) is 0. The molecule has 0 spiro atoms. The third-order valence-corrected chi connectivity index (χ3v) is 1.56. The summed E-state index contributed by atoms with van der Waals surface area (Å²) in [6.07, 6.45) is 2.99. The van der Waals surface area contributed by atoms with Crippen molar-refractivity contribution in [1.82, 2.24) is 0 Å². The third kappa shape index (κ3) is 1.53. The van der Waals surface area contributed by atoms with Crippen LogP contribution < -0.4 is 0 Å². The van der Waals surface area contributed by atoms with Gasteiger partial charge in [-0.05, 0) is 6.42 Å². The Kier molecular flexibility index (Phi) is 2.25. The second-order valence-electron chi connectivity index (χ2n) is 2.42. The van der Waals surface area contributed by atoms with Gasteiger partial charge in [0, 0.05) is 5.92 Å². The second kappa shape index (κ2) is 2.99. The molecule has 0 radical (unpaired) electrons. The monoisotopic (exact) mass is 128 g/mol. The van der Waals surface area contributed by atoms with Crippen LogP contribution >= 0.6 is 0 Å². The topological polar surface area (TPSA) is 18.5 Å². The van der Waals surface area contributed by atoms with Gasteiger partial charge in [0.1, 0.15) is 6.10 Å². The van der Waals surface area contributed by atoms with Crippen molar-refractivity contribution in [2.75, 3.05) is 6.61 Å². The lowest BCUT2D eigenvalue weighted by molar-refractivity contribution is -0.273. The lowest BCUT2D eigenvalue weighted by Crippen LogP contribution is -2.12. The molecule has 0 bridgehead atoms. The first-order valence-electron chi connectivity index (χ1n) is 3.23. The maximum Gasteiger partial charge on any atom is 0.101 e. The number of rotatable bonds is 2. The third-order valence-electron chi connectivity index (χ3n) is 1.56. The molecule has 9 heavy (non-hydrogen) atoms. The molecule has 0 aromatic carbocycles. The Balaban J connectivity index is 2.30. The Bertz CT molecular complexity index is 101. The molecule has 0 aliphatic carbocycles. The lowest BCUT2D eigenvalue weighted by atomic mass is 10.0. The van der Waals surface area contributed by atoms with Crippen LogP contribution in [-0.2, 0) is 9.78 Å². The zero-order valence-corrected chi connectivity index (χ0v) is 5.67. The van der Waals surface area contributed by atoms with Gasteiger partial charge in [-0.25, -0.2) is 9.78 Å². The molecule has 52 valence electrons. The van der Waals surface area contributed by atoms with Crippen LogP contribution in [-0.4, -0.2) is 12.7 Å². The first-order chi connectivity index (χ1) is 4.34. The molecular formula is C7H12O2. The van der Waals surface area contributed by atoms with E-state index in [-0.39, 0.29) is 6.10 Å². The van der Waals surface area contributed by atoms with Crippen molar-refractivity contribution in [3.8, 4) is 0 Å². The van der Waals surface area contributed by atoms with Crippen LogP contribution in [0.1, 0.15) is 13.3 Å². The van der Waals surface area contributed by atoms with Crippen LogP contribution in [0.4, 0.5) is 0 Å². The smallest absolute Gasteiger partial charge is 0.101 e. The average Bonchev–Trinajstić information content (AvgIpc) is 2.18. The Hall–Kier alpha value is -0.340. The maximum atomic E-state index is 4.93. The van der Waals surface area contributed by atoms with Gasteiger partial charge in [-0.3, -0.25) is 0 Å². The molecule has 0 aromatic heterocycles. The molecule has 2 heteroatoms. The summed E-state index contributed by atoms with van der Waals surface area (Å²) in [6.45, 7) is 6.46. The first-order valence-corrected chi connectivity index (χ1v) is 3.23. The van der Waals surface area contributed by atoms with Crippen LogP contribution in [0.3, 0.4) is 0 Å². The molecule has 2 unspecified atom stereocenters. The van der Waals surface area contributed by atoms with Crippen molar-refractivity contribution >= 4 is 0 Å². The Labute approximate surface area is 55.4 Å². The molecule has 1 heterocycles. The fraction of sp³-hybridized carbons (Fsp3) is 0.714. The van der Waals surface area contributed by atoms with E-state index in [2.05, 4.69) is 13.5 Å². The molecule has 0 amide bonds. The highest BCUT2D eigenvalue weighted by molar-refractivity contribution is 4.77. The van der Waals surface area contributed by atoms with E-state index >= 15 is 0 Å². The minimum absolute atomic E-state index is 0.238. The molecule has 1 fully saturated rings. The van der Waals surface area contributed by atoms with Gasteiger partial charge < -0.3 is 0 Å². The highest BCUT2D eigenvalue weighted by Crippen LogP contribution is 2.19. The van der Waals surface area contributed by atoms with E-state index in [4.69, 9.17) is 9.78 Å². The van der Waals surface area contributed by atoms with Crippen LogP contribution in [0.15, 0.2) is 12.7 Å². The standard InChI is InChI=1S/C7H12O2/c1-3-4-7-6(2)5-8-9-7/h3,6-7H,1,4-5H2,2H3. The van der Waals surface area contributed by atoms with E-state index in [9.17, 15) is 0 Å². The Morgan fingerprint density at radius 1 is 1.78 bits per heavy atom. The zero-order chi connectivity index (χ0) is 6.69. The summed E-state index contributed by atoms with van der Waals surface area (Å²) in [5.41, 5.74) is 0. The molecule has 2 atom stereocenters. The van der Waals surface area contributed by atoms with E-state index in [0.29, 0.717) is 5.92 Å². The van der Waals surface area contributed by atoms with Gasteiger partial charge in [0.05, 0.1) is 6.61 Å². The van der Waals surface area contributed by atoms with Gasteiger partial charge in [0.2, 0.25) is 0 Å². The molecule has 1 aliphatic rings. The predicted molar refractivity (Wildman–Crippen MR) is 34.8 cm³/mol. The summed E-state index contributed by atoms with van der Waals surface area (Å²) in [5, 5.41) is 0. The van der Waals surface area contributed by atoms with Crippen molar-refractivity contribution in [1.29, 1.82) is 0 Å². The van der Waals surface area contributed by atoms with Crippen LogP contribution in [0.2, 0.25) is 0 Å². The lowest BCUT2D eigenvalue weighted by Gasteiger charge is -2.06. The zero-order valence-electron chi connectivity index (χ0n) is 5.67. The molecule has 2 nitrogen and oxygen atoms in total. The second-order valence-corrected chi connectivity index (χ2v) is 2.42. The van der Waals surface area contributed by atoms with Gasteiger partial charge in [-0.15, -0.1) is 6.58 Å². The molecule has 0 saturated carbocycles. The molecule has 1 aliphatic heterocycles. The summed E-state index contributed by atoms with van der Waals surface area (Å²) in [4.78, 5) is 9.71. The largest absolute Gasteiger partial charge is 0.236 e. The van der Waals surface area contributed by atoms with E-state index in [1.54, 1.807) is 0 Å². The average molecular weight is 128 g/mol. The van der Waals surface area contributed by atoms with Crippen LogP contribution in [0, 0.1) is 5.92 Å². The summed E-state index contributed by atoms with van der Waals surface area (Å²) in [5.74, 6) is 0.517. The molecule has 0 aromatic rings. The van der Waals surface area contributed by atoms with Crippen molar-refractivity contribution < 1.29 is 9.78 Å². The van der Waals surface area contributed by atoms with Crippen LogP contribution in [0.25, 0.3) is 0 Å². The highest BCUT2D eigenvalue weighted by atomic mass is 17.2. The normalized spacial score (nSPS) is 34.8. The summed E-state index contributed by atoms with van der Waals surface area (Å²) >= 11 is 0. The molecule has 1 saturated heterocycles. The van der Waals surface area contributed by atoms with Gasteiger partial charge in [-0.1, -0.05) is 13.0 Å². The Morgan fingerprint density at radius 3 is 3.00 bits per heavy atom. The summed E-state index contributed by atoms with van der Waals surface area (Å²) in [7, 11) is 0. The van der Waals surface area contributed by atoms with Gasteiger partial charge >= 0.3 is 0 Å².